The Morgan fingerprint density at radius 3 is 2.76 bits per heavy atom. The summed E-state index contributed by atoms with van der Waals surface area (Å²) in [6.07, 6.45) is 5.34. The van der Waals surface area contributed by atoms with Gasteiger partial charge in [-0.25, -0.2) is 9.97 Å². The summed E-state index contributed by atoms with van der Waals surface area (Å²) < 4.78 is 19.2. The third-order valence-corrected chi connectivity index (χ3v) is 6.43. The molecule has 3 aromatic rings. The lowest BCUT2D eigenvalue weighted by Crippen LogP contribution is -2.22. The molecule has 0 spiro atoms. The van der Waals surface area contributed by atoms with Gasteiger partial charge in [0.2, 0.25) is 5.88 Å². The number of hydrogen-bond donors (Lipinski definition) is 2. The minimum atomic E-state index is -0.314. The molecule has 1 aliphatic carbocycles. The summed E-state index contributed by atoms with van der Waals surface area (Å²) in [6, 6.07) is 7.53. The summed E-state index contributed by atoms with van der Waals surface area (Å²) in [6.45, 7) is 3.75. The van der Waals surface area contributed by atoms with Crippen molar-refractivity contribution in [2.75, 3.05) is 31.4 Å². The van der Waals surface area contributed by atoms with Crippen LogP contribution in [0.5, 0.6) is 5.88 Å². The highest BCUT2D eigenvalue weighted by atomic mass is 16.5. The third-order valence-electron chi connectivity index (χ3n) is 6.43. The zero-order valence-corrected chi connectivity index (χ0v) is 19.0. The Bertz CT molecular complexity index is 1160. The van der Waals surface area contributed by atoms with Crippen molar-refractivity contribution in [2.45, 2.75) is 50.9 Å². The lowest BCUT2D eigenvalue weighted by molar-refractivity contribution is 0.0636. The molecule has 3 heterocycles. The zero-order valence-electron chi connectivity index (χ0n) is 19.0. The van der Waals surface area contributed by atoms with Gasteiger partial charge in [-0.15, -0.1) is 0 Å². The van der Waals surface area contributed by atoms with E-state index in [0.717, 1.165) is 37.9 Å². The standard InChI is InChI=1S/C24H29N5O4/c1-24(9-10-24)29-21-18(20(25)26-14-27-21)19(23(29)33-13-17-4-3-11-32-17)22(30)28-16-7-5-15(6-8-16)12-31-2/h5-8,14,17H,3-4,9-13H2,1-2H3,(H,28,30)(H2,25,26,27)/t17-/m0/s1. The van der Waals surface area contributed by atoms with Crippen molar-refractivity contribution in [1.82, 2.24) is 14.5 Å². The first kappa shape index (κ1) is 21.7. The van der Waals surface area contributed by atoms with E-state index in [1.165, 1.54) is 6.33 Å². The number of benzene rings is 1. The number of nitrogens with zero attached hydrogens (tertiary/aromatic N) is 3. The molecule has 2 fully saturated rings. The van der Waals surface area contributed by atoms with Crippen LogP contribution in [-0.4, -0.2) is 46.9 Å². The molecule has 1 aliphatic heterocycles. The van der Waals surface area contributed by atoms with Gasteiger partial charge in [0.25, 0.3) is 5.91 Å². The van der Waals surface area contributed by atoms with Crippen LogP contribution in [-0.2, 0) is 21.6 Å². The molecule has 0 bridgehead atoms. The first-order valence-electron chi connectivity index (χ1n) is 11.3. The van der Waals surface area contributed by atoms with Crippen molar-refractivity contribution < 1.29 is 19.0 Å². The van der Waals surface area contributed by atoms with E-state index in [9.17, 15) is 4.79 Å². The summed E-state index contributed by atoms with van der Waals surface area (Å²) in [4.78, 5) is 22.3. The van der Waals surface area contributed by atoms with Crippen molar-refractivity contribution in [3.8, 4) is 5.88 Å². The van der Waals surface area contributed by atoms with Crippen LogP contribution in [0.15, 0.2) is 30.6 Å². The minimum absolute atomic E-state index is 0.0103. The molecule has 5 rings (SSSR count). The number of ether oxygens (including phenoxy) is 3. The molecular formula is C24H29N5O4. The van der Waals surface area contributed by atoms with E-state index in [4.69, 9.17) is 19.9 Å². The van der Waals surface area contributed by atoms with E-state index in [0.29, 0.717) is 41.4 Å². The molecule has 174 valence electrons. The molecule has 0 radical (unpaired) electrons. The van der Waals surface area contributed by atoms with E-state index >= 15 is 0 Å². The summed E-state index contributed by atoms with van der Waals surface area (Å²) >= 11 is 0. The molecule has 33 heavy (non-hydrogen) atoms. The van der Waals surface area contributed by atoms with Crippen molar-refractivity contribution in [3.63, 3.8) is 0 Å². The van der Waals surface area contributed by atoms with E-state index in [1.807, 2.05) is 28.8 Å². The van der Waals surface area contributed by atoms with Crippen LogP contribution in [0.4, 0.5) is 11.5 Å². The highest BCUT2D eigenvalue weighted by molar-refractivity contribution is 6.17. The quantitative estimate of drug-likeness (QED) is 0.539. The van der Waals surface area contributed by atoms with Crippen molar-refractivity contribution in [1.29, 1.82) is 0 Å². The van der Waals surface area contributed by atoms with Gasteiger partial charge in [-0.3, -0.25) is 9.36 Å². The average Bonchev–Trinajstić information content (AvgIpc) is 3.21. The van der Waals surface area contributed by atoms with Gasteiger partial charge in [0.05, 0.1) is 18.1 Å². The Morgan fingerprint density at radius 1 is 1.30 bits per heavy atom. The minimum Gasteiger partial charge on any atom is -0.475 e. The topological polar surface area (TPSA) is 114 Å². The van der Waals surface area contributed by atoms with Crippen LogP contribution in [0.3, 0.4) is 0 Å². The Balaban J connectivity index is 1.55. The fourth-order valence-corrected chi connectivity index (χ4v) is 4.36. The number of nitrogens with one attached hydrogen (secondary N) is 1. The van der Waals surface area contributed by atoms with Crippen LogP contribution in [0.2, 0.25) is 0 Å². The maximum Gasteiger partial charge on any atom is 0.261 e. The molecular weight excluding hydrogens is 422 g/mol. The zero-order chi connectivity index (χ0) is 23.0. The number of hydrogen-bond acceptors (Lipinski definition) is 7. The predicted octanol–water partition coefficient (Wildman–Crippen LogP) is 3.48. The van der Waals surface area contributed by atoms with Gasteiger partial charge in [-0.2, -0.15) is 0 Å². The number of amides is 1. The molecule has 2 aliphatic rings. The Kier molecular flexibility index (Phi) is 5.67. The van der Waals surface area contributed by atoms with E-state index < -0.39 is 0 Å². The van der Waals surface area contributed by atoms with Crippen LogP contribution in [0.1, 0.15) is 48.5 Å². The van der Waals surface area contributed by atoms with Crippen LogP contribution < -0.4 is 15.8 Å². The molecule has 1 saturated heterocycles. The Hall–Kier alpha value is -3.17. The molecule has 1 atom stereocenters. The summed E-state index contributed by atoms with van der Waals surface area (Å²) in [7, 11) is 1.65. The molecule has 3 N–H and O–H groups in total. The van der Waals surface area contributed by atoms with Gasteiger partial charge in [0.15, 0.2) is 0 Å². The van der Waals surface area contributed by atoms with Crippen LogP contribution >= 0.6 is 0 Å². The number of rotatable bonds is 8. The maximum atomic E-state index is 13.6. The summed E-state index contributed by atoms with van der Waals surface area (Å²) in [5, 5.41) is 3.50. The number of carbonyl (C=O) groups excluding carboxylic acids is 1. The number of carbonyl (C=O) groups is 1. The fourth-order valence-electron chi connectivity index (χ4n) is 4.36. The lowest BCUT2D eigenvalue weighted by Gasteiger charge is -2.19. The molecule has 9 nitrogen and oxygen atoms in total. The second kappa shape index (κ2) is 8.64. The molecule has 0 unspecified atom stereocenters. The first-order chi connectivity index (χ1) is 16.0. The molecule has 1 saturated carbocycles. The molecule has 1 aromatic carbocycles. The van der Waals surface area contributed by atoms with E-state index in [1.54, 1.807) is 7.11 Å². The fraction of sp³-hybridized carbons (Fsp3) is 0.458. The number of aromatic nitrogens is 3. The lowest BCUT2D eigenvalue weighted by atomic mass is 10.2. The maximum absolute atomic E-state index is 13.6. The van der Waals surface area contributed by atoms with Gasteiger partial charge >= 0.3 is 0 Å². The van der Waals surface area contributed by atoms with Gasteiger partial charge in [0, 0.05) is 24.9 Å². The largest absolute Gasteiger partial charge is 0.475 e. The number of anilines is 2. The van der Waals surface area contributed by atoms with Crippen molar-refractivity contribution >= 4 is 28.4 Å². The van der Waals surface area contributed by atoms with Gasteiger partial charge in [0.1, 0.15) is 30.0 Å². The number of nitrogens with two attached hydrogens (primary N) is 1. The molecule has 2 aromatic heterocycles. The normalized spacial score (nSPS) is 19.0. The smallest absolute Gasteiger partial charge is 0.261 e. The summed E-state index contributed by atoms with van der Waals surface area (Å²) in [5.74, 6) is 0.415. The van der Waals surface area contributed by atoms with E-state index in [-0.39, 0.29) is 23.4 Å². The number of nitrogen functional groups attached to an aromatic ring is 1. The van der Waals surface area contributed by atoms with Crippen LogP contribution in [0.25, 0.3) is 11.0 Å². The SMILES string of the molecule is COCc1ccc(NC(=O)c2c(OC[C@@H]3CCCO3)n(C3(C)CC3)c3ncnc(N)c23)cc1. The van der Waals surface area contributed by atoms with Crippen LogP contribution in [0, 0.1) is 0 Å². The average molecular weight is 452 g/mol. The Morgan fingerprint density at radius 2 is 2.09 bits per heavy atom. The second-order valence-corrected chi connectivity index (χ2v) is 9.00. The highest BCUT2D eigenvalue weighted by Crippen LogP contribution is 2.50. The van der Waals surface area contributed by atoms with E-state index in [2.05, 4.69) is 22.2 Å². The second-order valence-electron chi connectivity index (χ2n) is 9.00. The van der Waals surface area contributed by atoms with Gasteiger partial charge in [-0.1, -0.05) is 12.1 Å². The van der Waals surface area contributed by atoms with Crippen molar-refractivity contribution in [2.24, 2.45) is 0 Å². The Labute approximate surface area is 192 Å². The monoisotopic (exact) mass is 451 g/mol. The highest BCUT2D eigenvalue weighted by Gasteiger charge is 2.45. The molecule has 1 amide bonds. The summed E-state index contributed by atoms with van der Waals surface area (Å²) in [5.41, 5.74) is 8.75. The van der Waals surface area contributed by atoms with Crippen molar-refractivity contribution in [3.05, 3.63) is 41.7 Å². The van der Waals surface area contributed by atoms with Gasteiger partial charge < -0.3 is 25.3 Å². The third kappa shape index (κ3) is 4.14. The molecule has 9 heteroatoms. The van der Waals surface area contributed by atoms with Gasteiger partial charge in [-0.05, 0) is 50.3 Å². The number of fused-ring (bicyclic) bond motifs is 1. The number of methoxy groups -OCH3 is 1. The first-order valence-corrected chi connectivity index (χ1v) is 11.3. The predicted molar refractivity (Wildman–Crippen MR) is 124 cm³/mol.